The van der Waals surface area contributed by atoms with Gasteiger partial charge in [0.25, 0.3) is 5.91 Å². The fraction of sp³-hybridized carbons (Fsp3) is 0.385. The van der Waals surface area contributed by atoms with Gasteiger partial charge in [-0.05, 0) is 25.5 Å². The SMILES string of the molecule is CCN1C(=O)CC(Nc2ccccc2C)C1=O. The number of likely N-dealkylation sites (N-methyl/N-ethyl adjacent to an activating group) is 1. The number of likely N-dealkylation sites (tertiary alicyclic amines) is 1. The molecular formula is C13H16N2O2. The summed E-state index contributed by atoms with van der Waals surface area (Å²) in [7, 11) is 0. The summed E-state index contributed by atoms with van der Waals surface area (Å²) in [5.74, 6) is -0.218. The van der Waals surface area contributed by atoms with E-state index in [2.05, 4.69) is 5.32 Å². The van der Waals surface area contributed by atoms with Crippen LogP contribution in [0, 0.1) is 6.92 Å². The summed E-state index contributed by atoms with van der Waals surface area (Å²) >= 11 is 0. The maximum atomic E-state index is 11.9. The van der Waals surface area contributed by atoms with Crippen molar-refractivity contribution in [2.24, 2.45) is 0 Å². The molecule has 90 valence electrons. The van der Waals surface area contributed by atoms with Crippen molar-refractivity contribution in [1.29, 1.82) is 0 Å². The number of anilines is 1. The predicted molar refractivity (Wildman–Crippen MR) is 65.6 cm³/mol. The quantitative estimate of drug-likeness (QED) is 0.804. The molecule has 1 aromatic rings. The maximum absolute atomic E-state index is 11.9. The second-order valence-electron chi connectivity index (χ2n) is 4.19. The Hall–Kier alpha value is -1.84. The van der Waals surface area contributed by atoms with Crippen LogP contribution in [0.25, 0.3) is 0 Å². The molecule has 0 radical (unpaired) electrons. The number of benzene rings is 1. The maximum Gasteiger partial charge on any atom is 0.252 e. The summed E-state index contributed by atoms with van der Waals surface area (Å²) < 4.78 is 0. The van der Waals surface area contributed by atoms with E-state index in [1.807, 2.05) is 38.1 Å². The first kappa shape index (κ1) is 11.6. The fourth-order valence-electron chi connectivity index (χ4n) is 2.05. The third-order valence-electron chi connectivity index (χ3n) is 3.03. The van der Waals surface area contributed by atoms with Gasteiger partial charge in [-0.1, -0.05) is 18.2 Å². The third-order valence-corrected chi connectivity index (χ3v) is 3.03. The van der Waals surface area contributed by atoms with Crippen molar-refractivity contribution in [3.63, 3.8) is 0 Å². The van der Waals surface area contributed by atoms with E-state index < -0.39 is 6.04 Å². The van der Waals surface area contributed by atoms with Gasteiger partial charge in [-0.3, -0.25) is 14.5 Å². The van der Waals surface area contributed by atoms with Crippen LogP contribution >= 0.6 is 0 Å². The Labute approximate surface area is 101 Å². The largest absolute Gasteiger partial charge is 0.373 e. The molecule has 2 rings (SSSR count). The zero-order valence-electron chi connectivity index (χ0n) is 10.1. The van der Waals surface area contributed by atoms with Crippen LogP contribution in [-0.4, -0.2) is 29.3 Å². The van der Waals surface area contributed by atoms with Gasteiger partial charge in [0.15, 0.2) is 0 Å². The van der Waals surface area contributed by atoms with Gasteiger partial charge < -0.3 is 5.32 Å². The number of amides is 2. The number of nitrogens with zero attached hydrogens (tertiary/aromatic N) is 1. The summed E-state index contributed by atoms with van der Waals surface area (Å²) in [6, 6.07) is 7.33. The van der Waals surface area contributed by atoms with Crippen molar-refractivity contribution in [3.05, 3.63) is 29.8 Å². The Bertz CT molecular complexity index is 456. The van der Waals surface area contributed by atoms with Crippen molar-refractivity contribution >= 4 is 17.5 Å². The van der Waals surface area contributed by atoms with Crippen LogP contribution in [0.2, 0.25) is 0 Å². The van der Waals surface area contributed by atoms with Gasteiger partial charge in [-0.25, -0.2) is 0 Å². The first-order valence-electron chi connectivity index (χ1n) is 5.80. The van der Waals surface area contributed by atoms with E-state index in [4.69, 9.17) is 0 Å². The zero-order chi connectivity index (χ0) is 12.4. The monoisotopic (exact) mass is 232 g/mol. The minimum absolute atomic E-state index is 0.0939. The predicted octanol–water partition coefficient (Wildman–Crippen LogP) is 1.55. The smallest absolute Gasteiger partial charge is 0.252 e. The van der Waals surface area contributed by atoms with E-state index in [9.17, 15) is 9.59 Å². The number of rotatable bonds is 3. The van der Waals surface area contributed by atoms with Gasteiger partial charge in [0.05, 0.1) is 6.42 Å². The molecule has 0 aromatic heterocycles. The lowest BCUT2D eigenvalue weighted by Gasteiger charge is -2.15. The van der Waals surface area contributed by atoms with E-state index in [-0.39, 0.29) is 18.2 Å². The Morgan fingerprint density at radius 3 is 2.65 bits per heavy atom. The van der Waals surface area contributed by atoms with Gasteiger partial charge in [0, 0.05) is 12.2 Å². The Morgan fingerprint density at radius 2 is 2.06 bits per heavy atom. The molecule has 1 saturated heterocycles. The normalized spacial score (nSPS) is 19.9. The Morgan fingerprint density at radius 1 is 1.35 bits per heavy atom. The first-order valence-corrected chi connectivity index (χ1v) is 5.80. The first-order chi connectivity index (χ1) is 8.13. The van der Waals surface area contributed by atoms with E-state index in [0.29, 0.717) is 6.54 Å². The minimum atomic E-state index is -0.413. The highest BCUT2D eigenvalue weighted by Gasteiger charge is 2.37. The van der Waals surface area contributed by atoms with Crippen LogP contribution in [0.1, 0.15) is 18.9 Å². The van der Waals surface area contributed by atoms with E-state index >= 15 is 0 Å². The van der Waals surface area contributed by atoms with Crippen LogP contribution in [0.15, 0.2) is 24.3 Å². The molecule has 1 unspecified atom stereocenters. The van der Waals surface area contributed by atoms with Crippen LogP contribution in [-0.2, 0) is 9.59 Å². The number of hydrogen-bond donors (Lipinski definition) is 1. The molecule has 1 N–H and O–H groups in total. The minimum Gasteiger partial charge on any atom is -0.373 e. The molecule has 0 aliphatic carbocycles. The molecule has 1 heterocycles. The van der Waals surface area contributed by atoms with Crippen molar-refractivity contribution in [2.75, 3.05) is 11.9 Å². The van der Waals surface area contributed by atoms with Crippen LogP contribution in [0.3, 0.4) is 0 Å². The van der Waals surface area contributed by atoms with Gasteiger partial charge >= 0.3 is 0 Å². The van der Waals surface area contributed by atoms with Crippen molar-refractivity contribution in [3.8, 4) is 0 Å². The van der Waals surface area contributed by atoms with Gasteiger partial charge in [0.1, 0.15) is 6.04 Å². The van der Waals surface area contributed by atoms with Gasteiger partial charge in [-0.15, -0.1) is 0 Å². The number of imide groups is 1. The fourth-order valence-corrected chi connectivity index (χ4v) is 2.05. The second kappa shape index (κ2) is 4.57. The molecule has 1 fully saturated rings. The van der Waals surface area contributed by atoms with Crippen molar-refractivity contribution < 1.29 is 9.59 Å². The summed E-state index contributed by atoms with van der Waals surface area (Å²) in [5.41, 5.74) is 1.99. The average molecular weight is 232 g/mol. The zero-order valence-corrected chi connectivity index (χ0v) is 10.1. The number of carbonyl (C=O) groups is 2. The molecule has 17 heavy (non-hydrogen) atoms. The van der Waals surface area contributed by atoms with Crippen molar-refractivity contribution in [2.45, 2.75) is 26.3 Å². The number of nitrogens with one attached hydrogen (secondary N) is 1. The molecular weight excluding hydrogens is 216 g/mol. The Kier molecular flexibility index (Phi) is 3.13. The molecule has 4 heteroatoms. The average Bonchev–Trinajstić information content (AvgIpc) is 2.57. The summed E-state index contributed by atoms with van der Waals surface area (Å²) in [4.78, 5) is 24.8. The highest BCUT2D eigenvalue weighted by Crippen LogP contribution is 2.20. The van der Waals surface area contributed by atoms with Crippen LogP contribution in [0.4, 0.5) is 5.69 Å². The topological polar surface area (TPSA) is 49.4 Å². The summed E-state index contributed by atoms with van der Waals surface area (Å²) in [6.07, 6.45) is 0.251. The lowest BCUT2D eigenvalue weighted by molar-refractivity contribution is -0.138. The lowest BCUT2D eigenvalue weighted by atomic mass is 10.1. The molecule has 1 aliphatic heterocycles. The van der Waals surface area contributed by atoms with E-state index in [1.165, 1.54) is 4.90 Å². The number of carbonyl (C=O) groups excluding carboxylic acids is 2. The van der Waals surface area contributed by atoms with Crippen molar-refractivity contribution in [1.82, 2.24) is 4.90 Å². The van der Waals surface area contributed by atoms with Gasteiger partial charge in [-0.2, -0.15) is 0 Å². The molecule has 0 spiro atoms. The molecule has 1 aromatic carbocycles. The highest BCUT2D eigenvalue weighted by molar-refractivity contribution is 6.06. The number of para-hydroxylation sites is 1. The molecule has 0 bridgehead atoms. The van der Waals surface area contributed by atoms with Crippen LogP contribution < -0.4 is 5.32 Å². The van der Waals surface area contributed by atoms with E-state index in [1.54, 1.807) is 0 Å². The second-order valence-corrected chi connectivity index (χ2v) is 4.19. The Balaban J connectivity index is 2.14. The molecule has 2 amide bonds. The molecule has 4 nitrogen and oxygen atoms in total. The summed E-state index contributed by atoms with van der Waals surface area (Å²) in [5, 5.41) is 3.14. The van der Waals surface area contributed by atoms with E-state index in [0.717, 1.165) is 11.3 Å². The lowest BCUT2D eigenvalue weighted by Crippen LogP contribution is -2.34. The third kappa shape index (κ3) is 2.16. The van der Waals surface area contributed by atoms with Crippen LogP contribution in [0.5, 0.6) is 0 Å². The standard InChI is InChI=1S/C13H16N2O2/c1-3-15-12(16)8-11(13(15)17)14-10-7-5-4-6-9(10)2/h4-7,11,14H,3,8H2,1-2H3. The van der Waals surface area contributed by atoms with Gasteiger partial charge in [0.2, 0.25) is 5.91 Å². The number of aryl methyl sites for hydroxylation is 1. The highest BCUT2D eigenvalue weighted by atomic mass is 16.2. The number of hydrogen-bond acceptors (Lipinski definition) is 3. The molecule has 1 atom stereocenters. The molecule has 0 saturated carbocycles. The summed E-state index contributed by atoms with van der Waals surface area (Å²) in [6.45, 7) is 4.23. The molecule has 1 aliphatic rings.